The van der Waals surface area contributed by atoms with Gasteiger partial charge in [0.05, 0.1) is 11.4 Å². The first-order chi connectivity index (χ1) is 12.6. The van der Waals surface area contributed by atoms with Gasteiger partial charge in [-0.15, -0.1) is 0 Å². The predicted octanol–water partition coefficient (Wildman–Crippen LogP) is 3.76. The molecule has 1 aliphatic rings. The Balaban J connectivity index is 1.57. The van der Waals surface area contributed by atoms with Gasteiger partial charge in [-0.2, -0.15) is 0 Å². The van der Waals surface area contributed by atoms with Crippen LogP contribution < -0.4 is 5.73 Å². The summed E-state index contributed by atoms with van der Waals surface area (Å²) < 4.78 is 0. The normalized spacial score (nSPS) is 14.0. The van der Waals surface area contributed by atoms with Crippen LogP contribution in [-0.4, -0.2) is 19.9 Å². The van der Waals surface area contributed by atoms with Gasteiger partial charge >= 0.3 is 0 Å². The van der Waals surface area contributed by atoms with Gasteiger partial charge in [0.15, 0.2) is 0 Å². The van der Waals surface area contributed by atoms with Gasteiger partial charge < -0.3 is 5.73 Å². The molecule has 132 valence electrons. The number of nitrogen functional groups attached to an aromatic ring is 1. The van der Waals surface area contributed by atoms with Crippen molar-refractivity contribution in [3.63, 3.8) is 0 Å². The number of pyridine rings is 1. The number of nitrogens with two attached hydrogens (primary N) is 1. The van der Waals surface area contributed by atoms with Crippen molar-refractivity contribution in [3.8, 4) is 11.3 Å². The standard InChI is InChI=1S/C21H23N5/c1-14(2)16-7-5-15(6-8-16)11-26-12-18-19(13-26)24-21(22)25-20(18)17-4-3-9-23-10-17/h3-10,14H,11-13H2,1-2H3,(H2,22,24,25). The summed E-state index contributed by atoms with van der Waals surface area (Å²) in [6.45, 7) is 6.94. The summed E-state index contributed by atoms with van der Waals surface area (Å²) in [4.78, 5) is 15.5. The van der Waals surface area contributed by atoms with Crippen LogP contribution in [0.5, 0.6) is 0 Å². The molecule has 1 aromatic carbocycles. The van der Waals surface area contributed by atoms with Crippen LogP contribution >= 0.6 is 0 Å². The Bertz CT molecular complexity index is 904. The second kappa shape index (κ2) is 6.84. The molecule has 4 rings (SSSR count). The average Bonchev–Trinajstić information content (AvgIpc) is 3.04. The fraction of sp³-hybridized carbons (Fsp3) is 0.286. The SMILES string of the molecule is CC(C)c1ccc(CN2Cc3nc(N)nc(-c4cccnc4)c3C2)cc1. The molecule has 0 saturated carbocycles. The second-order valence-electron chi connectivity index (χ2n) is 7.14. The molecule has 0 unspecified atom stereocenters. The molecule has 1 aliphatic heterocycles. The minimum atomic E-state index is 0.325. The van der Waals surface area contributed by atoms with Crippen LogP contribution in [0, 0.1) is 0 Å². The summed E-state index contributed by atoms with van der Waals surface area (Å²) in [6.07, 6.45) is 3.59. The first-order valence-electron chi connectivity index (χ1n) is 8.97. The summed E-state index contributed by atoms with van der Waals surface area (Å²) in [5.41, 5.74) is 12.7. The molecule has 0 radical (unpaired) electrons. The van der Waals surface area contributed by atoms with E-state index in [-0.39, 0.29) is 0 Å². The third-order valence-corrected chi connectivity index (χ3v) is 4.85. The number of fused-ring (bicyclic) bond motifs is 1. The fourth-order valence-electron chi connectivity index (χ4n) is 3.46. The molecule has 26 heavy (non-hydrogen) atoms. The lowest BCUT2D eigenvalue weighted by Crippen LogP contribution is -2.15. The molecule has 0 spiro atoms. The zero-order chi connectivity index (χ0) is 18.1. The van der Waals surface area contributed by atoms with Gasteiger partial charge in [-0.3, -0.25) is 9.88 Å². The molecular formula is C21H23N5. The summed E-state index contributed by atoms with van der Waals surface area (Å²) in [7, 11) is 0. The zero-order valence-corrected chi connectivity index (χ0v) is 15.2. The minimum absolute atomic E-state index is 0.325. The lowest BCUT2D eigenvalue weighted by atomic mass is 10.0. The van der Waals surface area contributed by atoms with Crippen LogP contribution in [0.1, 0.15) is 42.1 Å². The lowest BCUT2D eigenvalue weighted by molar-refractivity contribution is 0.274. The van der Waals surface area contributed by atoms with Crippen LogP contribution in [-0.2, 0) is 19.6 Å². The number of nitrogens with zero attached hydrogens (tertiary/aromatic N) is 4. The molecule has 0 fully saturated rings. The second-order valence-corrected chi connectivity index (χ2v) is 7.14. The maximum absolute atomic E-state index is 5.95. The van der Waals surface area contributed by atoms with Gasteiger partial charge in [-0.25, -0.2) is 9.97 Å². The van der Waals surface area contributed by atoms with Crippen molar-refractivity contribution in [1.29, 1.82) is 0 Å². The molecule has 3 aromatic rings. The molecular weight excluding hydrogens is 322 g/mol. The number of aromatic nitrogens is 3. The third kappa shape index (κ3) is 3.30. The van der Waals surface area contributed by atoms with Gasteiger partial charge in [-0.05, 0) is 29.2 Å². The van der Waals surface area contributed by atoms with Crippen LogP contribution in [0.4, 0.5) is 5.95 Å². The van der Waals surface area contributed by atoms with Gasteiger partial charge in [0.2, 0.25) is 5.95 Å². The Labute approximate surface area is 153 Å². The summed E-state index contributed by atoms with van der Waals surface area (Å²) in [6, 6.07) is 12.8. The number of benzene rings is 1. The van der Waals surface area contributed by atoms with E-state index in [1.54, 1.807) is 6.20 Å². The number of anilines is 1. The highest BCUT2D eigenvalue weighted by atomic mass is 15.2. The van der Waals surface area contributed by atoms with Crippen molar-refractivity contribution >= 4 is 5.95 Å². The van der Waals surface area contributed by atoms with E-state index in [0.717, 1.165) is 42.1 Å². The van der Waals surface area contributed by atoms with Crippen LogP contribution in [0.3, 0.4) is 0 Å². The third-order valence-electron chi connectivity index (χ3n) is 4.85. The van der Waals surface area contributed by atoms with Gasteiger partial charge in [-0.1, -0.05) is 38.1 Å². The highest BCUT2D eigenvalue weighted by molar-refractivity contribution is 5.64. The largest absolute Gasteiger partial charge is 0.368 e. The molecule has 2 aromatic heterocycles. The first-order valence-corrected chi connectivity index (χ1v) is 8.97. The van der Waals surface area contributed by atoms with Gasteiger partial charge in [0.25, 0.3) is 0 Å². The highest BCUT2D eigenvalue weighted by Crippen LogP contribution is 2.31. The van der Waals surface area contributed by atoms with E-state index in [1.165, 1.54) is 11.1 Å². The van der Waals surface area contributed by atoms with Crippen molar-refractivity contribution in [1.82, 2.24) is 19.9 Å². The molecule has 0 amide bonds. The van der Waals surface area contributed by atoms with Gasteiger partial charge in [0.1, 0.15) is 0 Å². The summed E-state index contributed by atoms with van der Waals surface area (Å²) >= 11 is 0. The van der Waals surface area contributed by atoms with Crippen molar-refractivity contribution < 1.29 is 0 Å². The Hall–Kier alpha value is -2.79. The number of rotatable bonds is 4. The number of hydrogen-bond acceptors (Lipinski definition) is 5. The Morgan fingerprint density at radius 3 is 2.58 bits per heavy atom. The maximum atomic E-state index is 5.95. The fourth-order valence-corrected chi connectivity index (χ4v) is 3.46. The van der Waals surface area contributed by atoms with Crippen LogP contribution in [0.2, 0.25) is 0 Å². The van der Waals surface area contributed by atoms with Crippen LogP contribution in [0.15, 0.2) is 48.8 Å². The zero-order valence-electron chi connectivity index (χ0n) is 15.2. The quantitative estimate of drug-likeness (QED) is 0.780. The lowest BCUT2D eigenvalue weighted by Gasteiger charge is -2.15. The first kappa shape index (κ1) is 16.7. The van der Waals surface area contributed by atoms with E-state index in [1.807, 2.05) is 18.3 Å². The van der Waals surface area contributed by atoms with Crippen molar-refractivity contribution in [2.24, 2.45) is 0 Å². The van der Waals surface area contributed by atoms with Crippen molar-refractivity contribution in [3.05, 3.63) is 71.2 Å². The Morgan fingerprint density at radius 2 is 1.88 bits per heavy atom. The Kier molecular flexibility index (Phi) is 4.39. The van der Waals surface area contributed by atoms with Crippen molar-refractivity contribution in [2.75, 3.05) is 5.73 Å². The number of hydrogen-bond donors (Lipinski definition) is 1. The molecule has 0 aliphatic carbocycles. The minimum Gasteiger partial charge on any atom is -0.368 e. The molecule has 0 bridgehead atoms. The Morgan fingerprint density at radius 1 is 1.08 bits per heavy atom. The summed E-state index contributed by atoms with van der Waals surface area (Å²) in [5, 5.41) is 0. The van der Waals surface area contributed by atoms with E-state index < -0.39 is 0 Å². The molecule has 0 atom stereocenters. The van der Waals surface area contributed by atoms with E-state index in [2.05, 4.69) is 58.0 Å². The summed E-state index contributed by atoms with van der Waals surface area (Å²) in [5.74, 6) is 0.881. The molecule has 5 heteroatoms. The van der Waals surface area contributed by atoms with Crippen molar-refractivity contribution in [2.45, 2.75) is 39.4 Å². The molecule has 3 heterocycles. The highest BCUT2D eigenvalue weighted by Gasteiger charge is 2.25. The smallest absolute Gasteiger partial charge is 0.220 e. The average molecular weight is 345 g/mol. The molecule has 2 N–H and O–H groups in total. The topological polar surface area (TPSA) is 67.9 Å². The van der Waals surface area contributed by atoms with Gasteiger partial charge in [0, 0.05) is 43.2 Å². The predicted molar refractivity (Wildman–Crippen MR) is 103 cm³/mol. The maximum Gasteiger partial charge on any atom is 0.220 e. The van der Waals surface area contributed by atoms with E-state index in [0.29, 0.717) is 11.9 Å². The molecule has 0 saturated heterocycles. The molecule has 5 nitrogen and oxygen atoms in total. The van der Waals surface area contributed by atoms with Crippen LogP contribution in [0.25, 0.3) is 11.3 Å². The van der Waals surface area contributed by atoms with E-state index >= 15 is 0 Å². The van der Waals surface area contributed by atoms with E-state index in [4.69, 9.17) is 5.73 Å². The monoisotopic (exact) mass is 345 g/mol. The van der Waals surface area contributed by atoms with E-state index in [9.17, 15) is 0 Å².